The van der Waals surface area contributed by atoms with Gasteiger partial charge in [0.15, 0.2) is 5.75 Å². The summed E-state index contributed by atoms with van der Waals surface area (Å²) in [6.45, 7) is 0.0262. The highest BCUT2D eigenvalue weighted by Crippen LogP contribution is 2.28. The summed E-state index contributed by atoms with van der Waals surface area (Å²) >= 11 is 0. The molecule has 1 amide bonds. The van der Waals surface area contributed by atoms with Crippen molar-refractivity contribution < 1.29 is 19.7 Å². The molecule has 3 N–H and O–H groups in total. The summed E-state index contributed by atoms with van der Waals surface area (Å²) < 4.78 is 5.17. The molecule has 0 aliphatic rings. The van der Waals surface area contributed by atoms with Crippen LogP contribution >= 0.6 is 0 Å². The number of amides is 1. The van der Waals surface area contributed by atoms with Crippen molar-refractivity contribution in [2.45, 2.75) is 6.10 Å². The van der Waals surface area contributed by atoms with Gasteiger partial charge in [-0.3, -0.25) is 4.79 Å². The van der Waals surface area contributed by atoms with Gasteiger partial charge in [0, 0.05) is 11.9 Å². The van der Waals surface area contributed by atoms with E-state index in [2.05, 4.69) is 10.3 Å². The van der Waals surface area contributed by atoms with E-state index in [4.69, 9.17) is 4.74 Å². The molecule has 0 radical (unpaired) electrons. The molecule has 1 aromatic heterocycles. The number of nitrogens with one attached hydrogen (secondary N) is 1. The van der Waals surface area contributed by atoms with E-state index >= 15 is 0 Å². The standard InChI is InChI=1S/C27H24N2O4/c1-33-22-14-8-18(9-15-22)7-12-21-13-10-20-11-16-23(26(31)25(20)29-21)27(32)28-17-24(30)19-5-3-2-4-6-19/h2-16,24,30-31H,17H2,1H3,(H,28,32)/b12-7+. The lowest BCUT2D eigenvalue weighted by molar-refractivity contribution is 0.0914. The Morgan fingerprint density at radius 2 is 1.73 bits per heavy atom. The molecule has 6 nitrogen and oxygen atoms in total. The molecular formula is C27H24N2O4. The van der Waals surface area contributed by atoms with Gasteiger partial charge in [0.05, 0.1) is 24.5 Å². The summed E-state index contributed by atoms with van der Waals surface area (Å²) in [5.41, 5.74) is 2.77. The Labute approximate surface area is 191 Å². The number of pyridine rings is 1. The van der Waals surface area contributed by atoms with E-state index in [0.29, 0.717) is 16.8 Å². The molecule has 33 heavy (non-hydrogen) atoms. The minimum Gasteiger partial charge on any atom is -0.505 e. The fraction of sp³-hybridized carbons (Fsp3) is 0.111. The van der Waals surface area contributed by atoms with E-state index in [-0.39, 0.29) is 17.9 Å². The number of rotatable bonds is 7. The van der Waals surface area contributed by atoms with Crippen LogP contribution in [0.1, 0.15) is 33.3 Å². The molecule has 0 fully saturated rings. The molecule has 0 bridgehead atoms. The maximum absolute atomic E-state index is 12.7. The SMILES string of the molecule is COc1ccc(/C=C/c2ccc3ccc(C(=O)NCC(O)c4ccccc4)c(O)c3n2)cc1. The van der Waals surface area contributed by atoms with Crippen LogP contribution in [-0.2, 0) is 0 Å². The number of benzene rings is 3. The summed E-state index contributed by atoms with van der Waals surface area (Å²) in [5.74, 6) is 0.104. The van der Waals surface area contributed by atoms with E-state index in [0.717, 1.165) is 16.7 Å². The lowest BCUT2D eigenvalue weighted by Crippen LogP contribution is -2.28. The van der Waals surface area contributed by atoms with Crippen molar-refractivity contribution in [1.82, 2.24) is 10.3 Å². The molecule has 0 aliphatic heterocycles. The zero-order valence-corrected chi connectivity index (χ0v) is 18.1. The predicted octanol–water partition coefficient (Wildman–Crippen LogP) is 4.58. The van der Waals surface area contributed by atoms with Crippen LogP contribution in [0.25, 0.3) is 23.1 Å². The summed E-state index contributed by atoms with van der Waals surface area (Å²) in [6.07, 6.45) is 2.90. The van der Waals surface area contributed by atoms with Gasteiger partial charge in [-0.15, -0.1) is 0 Å². The van der Waals surface area contributed by atoms with E-state index in [1.54, 1.807) is 31.4 Å². The zero-order valence-electron chi connectivity index (χ0n) is 18.1. The van der Waals surface area contributed by atoms with Gasteiger partial charge in [0.2, 0.25) is 0 Å². The Morgan fingerprint density at radius 3 is 2.45 bits per heavy atom. The molecule has 0 spiro atoms. The quantitative estimate of drug-likeness (QED) is 0.391. The largest absolute Gasteiger partial charge is 0.505 e. The molecule has 4 rings (SSSR count). The Balaban J connectivity index is 1.51. The van der Waals surface area contributed by atoms with Gasteiger partial charge < -0.3 is 20.3 Å². The van der Waals surface area contributed by atoms with Crippen LogP contribution in [0.5, 0.6) is 11.5 Å². The Kier molecular flexibility index (Phi) is 6.66. The number of carbonyl (C=O) groups excluding carboxylic acids is 1. The number of aromatic hydroxyl groups is 1. The predicted molar refractivity (Wildman–Crippen MR) is 129 cm³/mol. The minimum absolute atomic E-state index is 0.0262. The third-order valence-corrected chi connectivity index (χ3v) is 5.30. The number of phenolic OH excluding ortho intramolecular Hbond substituents is 1. The van der Waals surface area contributed by atoms with Crippen LogP contribution in [-0.4, -0.2) is 34.8 Å². The second-order valence-electron chi connectivity index (χ2n) is 7.51. The van der Waals surface area contributed by atoms with Crippen LogP contribution in [0.2, 0.25) is 0 Å². The maximum Gasteiger partial charge on any atom is 0.255 e. The molecule has 1 atom stereocenters. The van der Waals surface area contributed by atoms with Gasteiger partial charge in [-0.25, -0.2) is 4.98 Å². The molecule has 0 saturated carbocycles. The number of methoxy groups -OCH3 is 1. The number of ether oxygens (including phenoxy) is 1. The van der Waals surface area contributed by atoms with Gasteiger partial charge >= 0.3 is 0 Å². The average Bonchev–Trinajstić information content (AvgIpc) is 2.87. The smallest absolute Gasteiger partial charge is 0.255 e. The highest BCUT2D eigenvalue weighted by molar-refractivity contribution is 6.02. The molecule has 166 valence electrons. The van der Waals surface area contributed by atoms with Crippen LogP contribution in [0.15, 0.2) is 78.9 Å². The van der Waals surface area contributed by atoms with Gasteiger partial charge in [0.25, 0.3) is 5.91 Å². The molecule has 6 heteroatoms. The van der Waals surface area contributed by atoms with Crippen LogP contribution in [0, 0.1) is 0 Å². The number of aromatic nitrogens is 1. The van der Waals surface area contributed by atoms with Crippen molar-refractivity contribution in [3.05, 3.63) is 101 Å². The zero-order chi connectivity index (χ0) is 23.2. The Hall–Kier alpha value is -4.16. The lowest BCUT2D eigenvalue weighted by atomic mass is 10.1. The van der Waals surface area contributed by atoms with Gasteiger partial charge in [-0.1, -0.05) is 60.7 Å². The first-order valence-corrected chi connectivity index (χ1v) is 10.5. The number of hydrogen-bond donors (Lipinski definition) is 3. The monoisotopic (exact) mass is 440 g/mol. The summed E-state index contributed by atoms with van der Waals surface area (Å²) in [6, 6.07) is 23.7. The normalized spacial score (nSPS) is 12.1. The van der Waals surface area contributed by atoms with Crippen molar-refractivity contribution in [3.63, 3.8) is 0 Å². The van der Waals surface area contributed by atoms with Crippen molar-refractivity contribution in [2.75, 3.05) is 13.7 Å². The third-order valence-electron chi connectivity index (χ3n) is 5.30. The molecule has 0 saturated heterocycles. The molecular weight excluding hydrogens is 416 g/mol. The first-order valence-electron chi connectivity index (χ1n) is 10.5. The van der Waals surface area contributed by atoms with Gasteiger partial charge in [-0.05, 0) is 41.5 Å². The highest BCUT2D eigenvalue weighted by atomic mass is 16.5. The molecule has 3 aromatic carbocycles. The highest BCUT2D eigenvalue weighted by Gasteiger charge is 2.16. The first-order chi connectivity index (χ1) is 16.0. The number of nitrogens with zero attached hydrogens (tertiary/aromatic N) is 1. The van der Waals surface area contributed by atoms with Crippen molar-refractivity contribution in [3.8, 4) is 11.5 Å². The summed E-state index contributed by atoms with van der Waals surface area (Å²) in [4.78, 5) is 17.2. The second kappa shape index (κ2) is 9.97. The number of carbonyl (C=O) groups is 1. The fourth-order valence-corrected chi connectivity index (χ4v) is 3.44. The molecule has 1 unspecified atom stereocenters. The van der Waals surface area contributed by atoms with E-state index < -0.39 is 12.0 Å². The van der Waals surface area contributed by atoms with E-state index in [1.807, 2.05) is 66.7 Å². The van der Waals surface area contributed by atoms with E-state index in [1.165, 1.54) is 0 Å². The summed E-state index contributed by atoms with van der Waals surface area (Å²) in [5, 5.41) is 24.4. The second-order valence-corrected chi connectivity index (χ2v) is 7.51. The van der Waals surface area contributed by atoms with Crippen LogP contribution in [0.3, 0.4) is 0 Å². The van der Waals surface area contributed by atoms with Gasteiger partial charge in [-0.2, -0.15) is 0 Å². The first kappa shape index (κ1) is 22.0. The number of phenols is 1. The average molecular weight is 440 g/mol. The number of fused-ring (bicyclic) bond motifs is 1. The summed E-state index contributed by atoms with van der Waals surface area (Å²) in [7, 11) is 1.62. The topological polar surface area (TPSA) is 91.7 Å². The number of hydrogen-bond acceptors (Lipinski definition) is 5. The molecule has 0 aliphatic carbocycles. The maximum atomic E-state index is 12.7. The van der Waals surface area contributed by atoms with Crippen molar-refractivity contribution in [1.29, 1.82) is 0 Å². The molecule has 4 aromatic rings. The van der Waals surface area contributed by atoms with Crippen LogP contribution < -0.4 is 10.1 Å². The lowest BCUT2D eigenvalue weighted by Gasteiger charge is -2.13. The van der Waals surface area contributed by atoms with Crippen molar-refractivity contribution in [2.24, 2.45) is 0 Å². The van der Waals surface area contributed by atoms with Crippen LogP contribution in [0.4, 0.5) is 0 Å². The van der Waals surface area contributed by atoms with Crippen molar-refractivity contribution >= 4 is 29.0 Å². The molecule has 1 heterocycles. The van der Waals surface area contributed by atoms with Gasteiger partial charge in [0.1, 0.15) is 11.3 Å². The third kappa shape index (κ3) is 5.19. The number of aliphatic hydroxyl groups is 1. The number of aliphatic hydroxyl groups excluding tert-OH is 1. The van der Waals surface area contributed by atoms with E-state index in [9.17, 15) is 15.0 Å². The fourth-order valence-electron chi connectivity index (χ4n) is 3.44. The Bertz CT molecular complexity index is 1290. The minimum atomic E-state index is -0.842. The Morgan fingerprint density at radius 1 is 1.00 bits per heavy atom.